The van der Waals surface area contributed by atoms with Gasteiger partial charge in [-0.05, 0) is 148 Å². The Labute approximate surface area is 385 Å². The molecule has 0 spiro atoms. The van der Waals surface area contributed by atoms with Crippen LogP contribution >= 0.6 is 0 Å². The number of fused-ring (bicyclic) bond motifs is 5. The van der Waals surface area contributed by atoms with Crippen LogP contribution in [0.4, 0.5) is 0 Å². The van der Waals surface area contributed by atoms with Gasteiger partial charge in [0.2, 0.25) is 5.89 Å². The summed E-state index contributed by atoms with van der Waals surface area (Å²) in [6, 6.07) is 69.9. The fourth-order valence-corrected chi connectivity index (χ4v) is 9.30. The standard InChI is InChI=1S/C61H37N5O/c1-5-15-55-39(11-1)23-49(34-62-55)44-27-43(28-45(29-44)50-24-40-12-2-6-16-56(40)63-35-50)38-21-22-53(54(33-38)61-66-59-19-9-10-20-60(59)67-61)48-31-46(51-25-41-13-3-7-17-57(41)64-36-51)30-47(32-48)52-26-42-14-4-8-18-58(42)65-37-52/h1-37H. The highest BCUT2D eigenvalue weighted by atomic mass is 16.3. The topological polar surface area (TPSA) is 77.6 Å². The lowest BCUT2D eigenvalue weighted by atomic mass is 9.89. The molecular formula is C61H37N5O. The first-order chi connectivity index (χ1) is 33.1. The van der Waals surface area contributed by atoms with Gasteiger partial charge in [0.05, 0.1) is 22.1 Å². The van der Waals surface area contributed by atoms with Gasteiger partial charge < -0.3 is 4.42 Å². The molecule has 0 saturated carbocycles. The summed E-state index contributed by atoms with van der Waals surface area (Å²) in [7, 11) is 0. The number of aromatic nitrogens is 5. The smallest absolute Gasteiger partial charge is 0.227 e. The van der Waals surface area contributed by atoms with Gasteiger partial charge in [0.15, 0.2) is 5.58 Å². The fourth-order valence-electron chi connectivity index (χ4n) is 9.30. The lowest BCUT2D eigenvalue weighted by molar-refractivity contribution is 0.620. The van der Waals surface area contributed by atoms with Crippen molar-refractivity contribution in [1.82, 2.24) is 24.9 Å². The molecule has 0 bridgehead atoms. The molecule has 67 heavy (non-hydrogen) atoms. The van der Waals surface area contributed by atoms with Crippen LogP contribution in [0.15, 0.2) is 229 Å². The minimum atomic E-state index is 0.540. The summed E-state index contributed by atoms with van der Waals surface area (Å²) in [4.78, 5) is 24.6. The van der Waals surface area contributed by atoms with Crippen LogP contribution in [0.1, 0.15) is 0 Å². The van der Waals surface area contributed by atoms with E-state index >= 15 is 0 Å². The van der Waals surface area contributed by atoms with Crippen LogP contribution in [0.25, 0.3) is 133 Å². The maximum Gasteiger partial charge on any atom is 0.227 e. The molecule has 0 fully saturated rings. The molecule has 13 rings (SSSR count). The molecule has 0 N–H and O–H groups in total. The van der Waals surface area contributed by atoms with E-state index in [1.807, 2.05) is 97.6 Å². The van der Waals surface area contributed by atoms with Crippen LogP contribution in [0.2, 0.25) is 0 Å². The van der Waals surface area contributed by atoms with E-state index < -0.39 is 0 Å². The summed E-state index contributed by atoms with van der Waals surface area (Å²) in [6.45, 7) is 0. The summed E-state index contributed by atoms with van der Waals surface area (Å²) in [5, 5.41) is 4.33. The molecule has 0 aliphatic rings. The number of rotatable bonds is 7. The Morgan fingerprint density at radius 3 is 1.03 bits per heavy atom. The third kappa shape index (κ3) is 7.14. The molecule has 0 radical (unpaired) electrons. The monoisotopic (exact) mass is 855 g/mol. The zero-order valence-corrected chi connectivity index (χ0v) is 36.0. The molecule has 8 aromatic carbocycles. The van der Waals surface area contributed by atoms with Gasteiger partial charge in [-0.3, -0.25) is 19.9 Å². The molecule has 0 unspecified atom stereocenters. The molecule has 5 heterocycles. The Balaban J connectivity index is 1.03. The zero-order chi connectivity index (χ0) is 44.3. The molecule has 0 aliphatic heterocycles. The summed E-state index contributed by atoms with van der Waals surface area (Å²) in [6.07, 6.45) is 7.87. The Bertz CT molecular complexity index is 3850. The van der Waals surface area contributed by atoms with Crippen LogP contribution < -0.4 is 0 Å². The average molecular weight is 856 g/mol. The minimum Gasteiger partial charge on any atom is -0.436 e. The van der Waals surface area contributed by atoms with E-state index in [0.717, 1.165) is 127 Å². The number of oxazole rings is 1. The minimum absolute atomic E-state index is 0.540. The number of pyridine rings is 4. The van der Waals surface area contributed by atoms with Gasteiger partial charge in [0, 0.05) is 74.1 Å². The van der Waals surface area contributed by atoms with Crippen molar-refractivity contribution in [1.29, 1.82) is 0 Å². The number of nitrogens with zero attached hydrogens (tertiary/aromatic N) is 5. The number of hydrogen-bond donors (Lipinski definition) is 0. The third-order valence-electron chi connectivity index (χ3n) is 12.7. The van der Waals surface area contributed by atoms with Gasteiger partial charge in [-0.1, -0.05) is 97.1 Å². The predicted octanol–water partition coefficient (Wildman–Crippen LogP) is 15.7. The Morgan fingerprint density at radius 1 is 0.254 bits per heavy atom. The van der Waals surface area contributed by atoms with Gasteiger partial charge in [-0.2, -0.15) is 0 Å². The lowest BCUT2D eigenvalue weighted by Crippen LogP contribution is -1.92. The number of para-hydroxylation sites is 6. The first kappa shape index (κ1) is 38.3. The van der Waals surface area contributed by atoms with Crippen molar-refractivity contribution in [2.75, 3.05) is 0 Å². The van der Waals surface area contributed by atoms with Crippen molar-refractivity contribution in [2.24, 2.45) is 0 Å². The molecule has 5 aromatic heterocycles. The quantitative estimate of drug-likeness (QED) is 0.159. The SMILES string of the molecule is c1ccc2ncc(-c3cc(-c4ccc(-c5cc(-c6cnc7ccccc7c6)cc(-c6cnc7ccccc7c6)c5)c(-c5nc6ccccc6o5)c4)cc(-c4cnc5ccccc5c4)c3)cc2c1. The third-order valence-corrected chi connectivity index (χ3v) is 12.7. The Hall–Kier alpha value is -9.13. The molecular weight excluding hydrogens is 819 g/mol. The maximum absolute atomic E-state index is 6.65. The Morgan fingerprint density at radius 2 is 0.612 bits per heavy atom. The molecule has 6 nitrogen and oxygen atoms in total. The van der Waals surface area contributed by atoms with Crippen molar-refractivity contribution in [3.05, 3.63) is 225 Å². The molecule has 0 amide bonds. The van der Waals surface area contributed by atoms with Crippen LogP contribution in [-0.2, 0) is 0 Å². The summed E-state index contributed by atoms with van der Waals surface area (Å²) >= 11 is 0. The van der Waals surface area contributed by atoms with Crippen molar-refractivity contribution >= 4 is 54.7 Å². The highest BCUT2D eigenvalue weighted by Crippen LogP contribution is 2.42. The highest BCUT2D eigenvalue weighted by Gasteiger charge is 2.19. The second kappa shape index (κ2) is 15.8. The molecule has 0 aliphatic carbocycles. The molecule has 6 heteroatoms. The van der Waals surface area contributed by atoms with Crippen molar-refractivity contribution < 1.29 is 4.42 Å². The summed E-state index contributed by atoms with van der Waals surface area (Å²) in [5.41, 5.74) is 18.5. The molecule has 13 aromatic rings. The van der Waals surface area contributed by atoms with E-state index in [1.54, 1.807) is 0 Å². The summed E-state index contributed by atoms with van der Waals surface area (Å²) < 4.78 is 6.65. The van der Waals surface area contributed by atoms with E-state index in [4.69, 9.17) is 29.3 Å². The van der Waals surface area contributed by atoms with Crippen molar-refractivity contribution in [2.45, 2.75) is 0 Å². The van der Waals surface area contributed by atoms with Crippen molar-refractivity contribution in [3.63, 3.8) is 0 Å². The van der Waals surface area contributed by atoms with Crippen LogP contribution in [0, 0.1) is 0 Å². The van der Waals surface area contributed by atoms with Crippen LogP contribution in [0.5, 0.6) is 0 Å². The molecule has 0 atom stereocenters. The fraction of sp³-hybridized carbons (Fsp3) is 0. The highest BCUT2D eigenvalue weighted by molar-refractivity contribution is 5.95. The first-order valence-electron chi connectivity index (χ1n) is 22.3. The van der Waals surface area contributed by atoms with E-state index in [2.05, 4.69) is 127 Å². The van der Waals surface area contributed by atoms with Crippen LogP contribution in [0.3, 0.4) is 0 Å². The summed E-state index contributed by atoms with van der Waals surface area (Å²) in [5.74, 6) is 0.540. The molecule has 312 valence electrons. The number of hydrogen-bond acceptors (Lipinski definition) is 6. The van der Waals surface area contributed by atoms with Gasteiger partial charge in [0.1, 0.15) is 5.52 Å². The predicted molar refractivity (Wildman–Crippen MR) is 273 cm³/mol. The van der Waals surface area contributed by atoms with E-state index in [0.29, 0.717) is 5.89 Å². The normalized spacial score (nSPS) is 11.6. The second-order valence-corrected chi connectivity index (χ2v) is 17.0. The number of benzene rings is 8. The van der Waals surface area contributed by atoms with Gasteiger partial charge >= 0.3 is 0 Å². The van der Waals surface area contributed by atoms with E-state index in [-0.39, 0.29) is 0 Å². The second-order valence-electron chi connectivity index (χ2n) is 17.0. The van der Waals surface area contributed by atoms with Gasteiger partial charge in [-0.25, -0.2) is 4.98 Å². The van der Waals surface area contributed by atoms with Gasteiger partial charge in [-0.15, -0.1) is 0 Å². The van der Waals surface area contributed by atoms with Crippen LogP contribution in [-0.4, -0.2) is 24.9 Å². The average Bonchev–Trinajstić information content (AvgIpc) is 3.84. The van der Waals surface area contributed by atoms with E-state index in [1.165, 1.54) is 0 Å². The zero-order valence-electron chi connectivity index (χ0n) is 36.0. The maximum atomic E-state index is 6.65. The lowest BCUT2D eigenvalue weighted by Gasteiger charge is -2.16. The van der Waals surface area contributed by atoms with Crippen molar-refractivity contribution in [3.8, 4) is 78.2 Å². The first-order valence-corrected chi connectivity index (χ1v) is 22.3. The van der Waals surface area contributed by atoms with E-state index in [9.17, 15) is 0 Å². The molecule has 0 saturated heterocycles. The Kier molecular flexibility index (Phi) is 9.06. The van der Waals surface area contributed by atoms with Gasteiger partial charge in [0.25, 0.3) is 0 Å². The largest absolute Gasteiger partial charge is 0.436 e.